The third-order valence-electron chi connectivity index (χ3n) is 6.28. The maximum atomic E-state index is 13.3. The highest BCUT2D eigenvalue weighted by Gasteiger charge is 2.46. The lowest BCUT2D eigenvalue weighted by atomic mass is 9.94. The minimum absolute atomic E-state index is 0.0558. The Bertz CT molecular complexity index is 1300. The quantitative estimate of drug-likeness (QED) is 0.343. The van der Waals surface area contributed by atoms with Gasteiger partial charge in [0.05, 0.1) is 11.6 Å². The Balaban J connectivity index is 1.62. The van der Waals surface area contributed by atoms with Crippen LogP contribution in [0.3, 0.4) is 0 Å². The van der Waals surface area contributed by atoms with Crippen LogP contribution in [0.4, 0.5) is 5.69 Å². The van der Waals surface area contributed by atoms with Crippen molar-refractivity contribution in [1.82, 2.24) is 4.90 Å². The molecule has 178 valence electrons. The average Bonchev–Trinajstić information content (AvgIpc) is 3.13. The Morgan fingerprint density at radius 1 is 0.943 bits per heavy atom. The molecule has 7 nitrogen and oxygen atoms in total. The first-order valence-electron chi connectivity index (χ1n) is 11.4. The maximum absolute atomic E-state index is 13.3. The Labute approximate surface area is 203 Å². The number of ether oxygens (including phenoxy) is 2. The van der Waals surface area contributed by atoms with Gasteiger partial charge in [-0.15, -0.1) is 0 Å². The molecule has 0 unspecified atom stereocenters. The summed E-state index contributed by atoms with van der Waals surface area (Å²) in [4.78, 5) is 30.0. The van der Waals surface area contributed by atoms with Crippen molar-refractivity contribution in [2.45, 2.75) is 12.6 Å². The van der Waals surface area contributed by atoms with E-state index in [-0.39, 0.29) is 17.9 Å². The smallest absolute Gasteiger partial charge is 0.295 e. The molecule has 5 rings (SSSR count). The fourth-order valence-electron chi connectivity index (χ4n) is 4.47. The van der Waals surface area contributed by atoms with Crippen molar-refractivity contribution in [1.29, 1.82) is 0 Å². The van der Waals surface area contributed by atoms with Gasteiger partial charge in [-0.1, -0.05) is 42.5 Å². The largest absolute Gasteiger partial charge is 0.507 e. The number of likely N-dealkylation sites (tertiary alicyclic amines) is 1. The molecule has 0 radical (unpaired) electrons. The normalized spacial score (nSPS) is 18.6. The minimum Gasteiger partial charge on any atom is -0.507 e. The third kappa shape index (κ3) is 4.21. The van der Waals surface area contributed by atoms with E-state index in [1.54, 1.807) is 18.2 Å². The molecule has 1 N–H and O–H groups in total. The molecule has 0 aromatic heterocycles. The van der Waals surface area contributed by atoms with Gasteiger partial charge < -0.3 is 24.4 Å². The van der Waals surface area contributed by atoms with E-state index in [1.165, 1.54) is 4.90 Å². The predicted molar refractivity (Wildman–Crippen MR) is 132 cm³/mol. The summed E-state index contributed by atoms with van der Waals surface area (Å²) in [5.74, 6) is -0.527. The van der Waals surface area contributed by atoms with Gasteiger partial charge in [-0.2, -0.15) is 0 Å². The fourth-order valence-corrected chi connectivity index (χ4v) is 4.47. The van der Waals surface area contributed by atoms with Gasteiger partial charge in [0.25, 0.3) is 11.7 Å². The number of rotatable bonds is 5. The summed E-state index contributed by atoms with van der Waals surface area (Å²) in [6.45, 7) is 1.09. The maximum Gasteiger partial charge on any atom is 0.295 e. The zero-order valence-electron chi connectivity index (χ0n) is 19.6. The number of amides is 1. The topological polar surface area (TPSA) is 79.3 Å². The molecular weight excluding hydrogens is 444 g/mol. The van der Waals surface area contributed by atoms with Crippen molar-refractivity contribution in [2.24, 2.45) is 0 Å². The van der Waals surface area contributed by atoms with Crippen molar-refractivity contribution in [3.8, 4) is 11.5 Å². The first-order valence-corrected chi connectivity index (χ1v) is 11.4. The van der Waals surface area contributed by atoms with E-state index >= 15 is 0 Å². The summed E-state index contributed by atoms with van der Waals surface area (Å²) in [6, 6.07) is 21.4. The molecule has 3 aromatic rings. The number of fused-ring (bicyclic) bond motifs is 1. The number of hydrogen-bond donors (Lipinski definition) is 1. The molecule has 1 saturated heterocycles. The number of carbonyl (C=O) groups excluding carboxylic acids is 2. The molecule has 1 amide bonds. The Kier molecular flexibility index (Phi) is 5.91. The van der Waals surface area contributed by atoms with Crippen LogP contribution in [0.15, 0.2) is 78.4 Å². The minimum atomic E-state index is -0.736. The molecule has 35 heavy (non-hydrogen) atoms. The molecule has 7 heteroatoms. The Morgan fingerprint density at radius 3 is 2.31 bits per heavy atom. The van der Waals surface area contributed by atoms with Crippen LogP contribution in [0.5, 0.6) is 11.5 Å². The van der Waals surface area contributed by atoms with E-state index in [0.717, 1.165) is 16.8 Å². The second kappa shape index (κ2) is 9.18. The predicted octanol–water partition coefficient (Wildman–Crippen LogP) is 4.15. The molecule has 0 saturated carbocycles. The monoisotopic (exact) mass is 470 g/mol. The SMILES string of the molecule is CN(C)c1ccc([C@H]2C(=C(O)c3ccc4c(c3)OCCO4)C(=O)C(=O)N2Cc2ccccc2)cc1. The second-order valence-electron chi connectivity index (χ2n) is 8.76. The number of aliphatic hydroxyl groups is 1. The molecule has 1 atom stereocenters. The molecule has 2 aliphatic heterocycles. The molecule has 3 aromatic carbocycles. The van der Waals surface area contributed by atoms with Crippen LogP contribution in [0.2, 0.25) is 0 Å². The van der Waals surface area contributed by atoms with E-state index in [1.807, 2.05) is 73.6 Å². The van der Waals surface area contributed by atoms with Crippen molar-refractivity contribution in [2.75, 3.05) is 32.2 Å². The van der Waals surface area contributed by atoms with E-state index in [2.05, 4.69) is 0 Å². The van der Waals surface area contributed by atoms with Crippen LogP contribution >= 0.6 is 0 Å². The summed E-state index contributed by atoms with van der Waals surface area (Å²) >= 11 is 0. The number of aliphatic hydroxyl groups excluding tert-OH is 1. The number of Topliss-reactive ketones (excluding diaryl/α,β-unsaturated/α-hetero) is 1. The summed E-state index contributed by atoms with van der Waals surface area (Å²) < 4.78 is 11.2. The number of benzene rings is 3. The van der Waals surface area contributed by atoms with Gasteiger partial charge in [0, 0.05) is 31.9 Å². The lowest BCUT2D eigenvalue weighted by Gasteiger charge is -2.26. The highest BCUT2D eigenvalue weighted by molar-refractivity contribution is 6.46. The van der Waals surface area contributed by atoms with Crippen LogP contribution in [0, 0.1) is 0 Å². The van der Waals surface area contributed by atoms with E-state index in [0.29, 0.717) is 30.3 Å². The molecular formula is C28H26N2O5. The fraction of sp³-hybridized carbons (Fsp3) is 0.214. The molecule has 0 spiro atoms. The van der Waals surface area contributed by atoms with Crippen LogP contribution in [-0.4, -0.2) is 49.0 Å². The van der Waals surface area contributed by atoms with Crippen molar-refractivity contribution < 1.29 is 24.2 Å². The first kappa shape index (κ1) is 22.5. The second-order valence-corrected chi connectivity index (χ2v) is 8.76. The van der Waals surface area contributed by atoms with Gasteiger partial charge in [-0.3, -0.25) is 9.59 Å². The molecule has 2 aliphatic rings. The number of hydrogen-bond acceptors (Lipinski definition) is 6. The first-order chi connectivity index (χ1) is 16.9. The summed E-state index contributed by atoms with van der Waals surface area (Å²) in [5.41, 5.74) is 3.07. The van der Waals surface area contributed by atoms with Crippen LogP contribution in [0.1, 0.15) is 22.7 Å². The lowest BCUT2D eigenvalue weighted by Crippen LogP contribution is -2.29. The Morgan fingerprint density at radius 2 is 1.63 bits per heavy atom. The zero-order valence-corrected chi connectivity index (χ0v) is 19.6. The van der Waals surface area contributed by atoms with Crippen molar-refractivity contribution in [3.63, 3.8) is 0 Å². The molecule has 0 bridgehead atoms. The number of anilines is 1. The Hall–Kier alpha value is -4.26. The van der Waals surface area contributed by atoms with Gasteiger partial charge in [-0.25, -0.2) is 0 Å². The van der Waals surface area contributed by atoms with Crippen LogP contribution in [-0.2, 0) is 16.1 Å². The van der Waals surface area contributed by atoms with Gasteiger partial charge in [0.2, 0.25) is 0 Å². The third-order valence-corrected chi connectivity index (χ3v) is 6.28. The number of carbonyl (C=O) groups is 2. The van der Waals surface area contributed by atoms with E-state index in [9.17, 15) is 14.7 Å². The molecule has 1 fully saturated rings. The highest BCUT2D eigenvalue weighted by atomic mass is 16.6. The zero-order chi connectivity index (χ0) is 24.5. The van der Waals surface area contributed by atoms with Gasteiger partial charge in [0.1, 0.15) is 19.0 Å². The van der Waals surface area contributed by atoms with Gasteiger partial charge >= 0.3 is 0 Å². The van der Waals surface area contributed by atoms with Crippen molar-refractivity contribution in [3.05, 3.63) is 95.1 Å². The summed E-state index contributed by atoms with van der Waals surface area (Å²) in [6.07, 6.45) is 0. The molecule has 2 heterocycles. The van der Waals surface area contributed by atoms with Gasteiger partial charge in [0.15, 0.2) is 11.5 Å². The number of ketones is 1. The van der Waals surface area contributed by atoms with E-state index in [4.69, 9.17) is 9.47 Å². The van der Waals surface area contributed by atoms with Crippen LogP contribution < -0.4 is 14.4 Å². The summed E-state index contributed by atoms with van der Waals surface area (Å²) in [7, 11) is 3.89. The molecule has 0 aliphatic carbocycles. The van der Waals surface area contributed by atoms with E-state index < -0.39 is 17.7 Å². The standard InChI is InChI=1S/C28H26N2O5/c1-29(2)21-11-8-19(9-12-21)25-24(26(31)20-10-13-22-23(16-20)35-15-14-34-22)27(32)28(33)30(25)17-18-6-4-3-5-7-18/h3-13,16,25,31H,14-15,17H2,1-2H3/t25-/m0/s1. The number of nitrogens with zero attached hydrogens (tertiary/aromatic N) is 2. The lowest BCUT2D eigenvalue weighted by molar-refractivity contribution is -0.140. The average molecular weight is 471 g/mol. The van der Waals surface area contributed by atoms with Gasteiger partial charge in [-0.05, 0) is 41.5 Å². The summed E-state index contributed by atoms with van der Waals surface area (Å²) in [5, 5.41) is 11.3. The van der Waals surface area contributed by atoms with Crippen LogP contribution in [0.25, 0.3) is 5.76 Å². The van der Waals surface area contributed by atoms with Crippen molar-refractivity contribution >= 4 is 23.1 Å². The highest BCUT2D eigenvalue weighted by Crippen LogP contribution is 2.42.